The smallest absolute Gasteiger partial charge is 0.379 e. The molecule has 0 aliphatic carbocycles. The van der Waals surface area contributed by atoms with Crippen LogP contribution < -0.4 is 9.05 Å². The van der Waals surface area contributed by atoms with Gasteiger partial charge in [-0.1, -0.05) is 49.6 Å². The Morgan fingerprint density at radius 2 is 1.34 bits per heavy atom. The number of benzene rings is 2. The molecule has 10 nitrogen and oxygen atoms in total. The first-order chi connectivity index (χ1) is 17.8. The minimum absolute atomic E-state index is 0.174. The Hall–Kier alpha value is -2.64. The molecule has 0 radical (unpaired) electrons. The zero-order chi connectivity index (χ0) is 28.3. The zero-order valence-electron chi connectivity index (χ0n) is 22.7. The molecule has 2 aromatic carbocycles. The number of ether oxygens (including phenoxy) is 2. The molecule has 2 aromatic rings. The fourth-order valence-corrected chi connectivity index (χ4v) is 5.01. The molecular weight excluding hydrogens is 534 g/mol. The molecule has 2 atom stereocenters. The van der Waals surface area contributed by atoms with Crippen molar-refractivity contribution in [2.45, 2.75) is 53.4 Å². The Morgan fingerprint density at radius 1 is 0.816 bits per heavy atom. The van der Waals surface area contributed by atoms with Crippen LogP contribution in [0.1, 0.15) is 51.2 Å². The van der Waals surface area contributed by atoms with Crippen LogP contribution in [0, 0.1) is 6.92 Å². The van der Waals surface area contributed by atoms with Crippen LogP contribution in [0.3, 0.4) is 0 Å². The molecule has 210 valence electrons. The second-order valence-corrected chi connectivity index (χ2v) is 12.8. The maximum absolute atomic E-state index is 13.2. The molecule has 38 heavy (non-hydrogen) atoms. The molecule has 0 fully saturated rings. The number of hydrogen-bond donors (Lipinski definition) is 0. The third kappa shape index (κ3) is 11.0. The number of unbranched alkanes of at least 4 members (excludes halogenated alkanes) is 2. The van der Waals surface area contributed by atoms with Crippen molar-refractivity contribution in [1.82, 2.24) is 0 Å². The van der Waals surface area contributed by atoms with Crippen molar-refractivity contribution in [2.75, 3.05) is 26.9 Å². The summed E-state index contributed by atoms with van der Waals surface area (Å²) in [4.78, 5) is 22.2. The quantitative estimate of drug-likeness (QED) is 0.0969. The van der Waals surface area contributed by atoms with E-state index in [0.29, 0.717) is 17.5 Å². The highest BCUT2D eigenvalue weighted by Gasteiger charge is 2.28. The Balaban J connectivity index is 2.59. The fraction of sp³-hybridized carbons (Fsp3) is 0.462. The van der Waals surface area contributed by atoms with Gasteiger partial charge in [0.25, 0.3) is 0 Å². The van der Waals surface area contributed by atoms with E-state index in [9.17, 15) is 18.7 Å². The van der Waals surface area contributed by atoms with E-state index in [2.05, 4.69) is 6.92 Å². The highest BCUT2D eigenvalue weighted by atomic mass is 31.2. The van der Waals surface area contributed by atoms with E-state index < -0.39 is 40.7 Å². The second-order valence-electron chi connectivity index (χ2n) is 8.78. The third-order valence-corrected chi connectivity index (χ3v) is 7.33. The van der Waals surface area contributed by atoms with Gasteiger partial charge in [-0.25, -0.2) is 9.13 Å². The van der Waals surface area contributed by atoms with Gasteiger partial charge in [0.15, 0.2) is 0 Å². The highest BCUT2D eigenvalue weighted by Crippen LogP contribution is 2.53. The molecule has 0 spiro atoms. The molecule has 2 unspecified atom stereocenters. The first-order valence-corrected chi connectivity index (χ1v) is 16.1. The van der Waals surface area contributed by atoms with Crippen molar-refractivity contribution in [3.05, 3.63) is 47.5 Å². The number of rotatable bonds is 15. The van der Waals surface area contributed by atoms with Gasteiger partial charge in [0.2, 0.25) is 13.6 Å². The summed E-state index contributed by atoms with van der Waals surface area (Å²) in [7, 11) is -7.54. The van der Waals surface area contributed by atoms with E-state index in [-0.39, 0.29) is 11.5 Å². The van der Waals surface area contributed by atoms with Crippen LogP contribution in [0.25, 0.3) is 11.1 Å². The summed E-state index contributed by atoms with van der Waals surface area (Å²) < 4.78 is 58.1. The molecule has 0 N–H and O–H groups in total. The first kappa shape index (κ1) is 31.6. The third-order valence-electron chi connectivity index (χ3n) is 5.13. The van der Waals surface area contributed by atoms with Crippen molar-refractivity contribution in [3.8, 4) is 22.6 Å². The van der Waals surface area contributed by atoms with E-state index in [0.717, 1.165) is 30.4 Å². The Kier molecular flexibility index (Phi) is 12.0. The van der Waals surface area contributed by atoms with Gasteiger partial charge in [-0.05, 0) is 43.0 Å². The Labute approximate surface area is 224 Å². The van der Waals surface area contributed by atoms with Gasteiger partial charge in [-0.3, -0.25) is 18.6 Å². The molecule has 0 aliphatic heterocycles. The van der Waals surface area contributed by atoms with Crippen LogP contribution in [-0.2, 0) is 43.7 Å². The topological polar surface area (TPSA) is 124 Å². The van der Waals surface area contributed by atoms with Crippen molar-refractivity contribution >= 4 is 27.1 Å². The maximum atomic E-state index is 13.2. The maximum Gasteiger partial charge on any atom is 0.379 e. The molecule has 0 saturated carbocycles. The molecule has 0 heterocycles. The van der Waals surface area contributed by atoms with Crippen LogP contribution in [-0.4, -0.2) is 38.9 Å². The Morgan fingerprint density at radius 3 is 1.79 bits per heavy atom. The normalized spacial score (nSPS) is 14.2. The van der Waals surface area contributed by atoms with Gasteiger partial charge >= 0.3 is 27.1 Å². The van der Waals surface area contributed by atoms with Gasteiger partial charge in [-0.15, -0.1) is 0 Å². The lowest BCUT2D eigenvalue weighted by Gasteiger charge is -2.23. The van der Waals surface area contributed by atoms with Crippen LogP contribution in [0.5, 0.6) is 11.5 Å². The summed E-state index contributed by atoms with van der Waals surface area (Å²) in [5.41, 5.74) is 2.75. The van der Waals surface area contributed by atoms with E-state index in [1.54, 1.807) is 18.2 Å². The number of carbonyl (C=O) groups excluding carboxylic acids is 2. The van der Waals surface area contributed by atoms with Crippen molar-refractivity contribution in [3.63, 3.8) is 0 Å². The van der Waals surface area contributed by atoms with Crippen molar-refractivity contribution in [2.24, 2.45) is 0 Å². The number of hydrogen-bond acceptors (Lipinski definition) is 10. The summed E-state index contributed by atoms with van der Waals surface area (Å²) in [5.74, 6) is -0.834. The monoisotopic (exact) mass is 570 g/mol. The lowest BCUT2D eigenvalue weighted by molar-refractivity contribution is -0.148. The standard InChI is InChI=1S/C26H36O10P2/c1-7-8-9-12-22-15-24(35-37(5,29)33-17-31-20(3)27)26(23-13-10-11-19(2)14-23)25(16-22)36-38(6,30)34-18-32-21(4)28/h10-11,13-16H,7-9,12,17-18H2,1-6H3. The van der Waals surface area contributed by atoms with Crippen molar-refractivity contribution in [1.29, 1.82) is 0 Å². The summed E-state index contributed by atoms with van der Waals surface area (Å²) in [6, 6.07) is 10.9. The predicted molar refractivity (Wildman–Crippen MR) is 144 cm³/mol. The van der Waals surface area contributed by atoms with Gasteiger partial charge in [0, 0.05) is 13.8 Å². The van der Waals surface area contributed by atoms with Gasteiger partial charge < -0.3 is 18.5 Å². The van der Waals surface area contributed by atoms with Gasteiger partial charge in [0.1, 0.15) is 11.5 Å². The van der Waals surface area contributed by atoms with E-state index in [1.165, 1.54) is 27.2 Å². The summed E-state index contributed by atoms with van der Waals surface area (Å²) in [6.07, 6.45) is 3.52. The summed E-state index contributed by atoms with van der Waals surface area (Å²) >= 11 is 0. The highest BCUT2D eigenvalue weighted by molar-refractivity contribution is 7.53. The summed E-state index contributed by atoms with van der Waals surface area (Å²) in [5, 5.41) is 0. The largest absolute Gasteiger partial charge is 0.438 e. The average molecular weight is 571 g/mol. The van der Waals surface area contributed by atoms with Crippen LogP contribution in [0.4, 0.5) is 0 Å². The minimum Gasteiger partial charge on any atom is -0.438 e. The molecule has 0 aromatic heterocycles. The van der Waals surface area contributed by atoms with Crippen LogP contribution in [0.2, 0.25) is 0 Å². The minimum atomic E-state index is -3.77. The summed E-state index contributed by atoms with van der Waals surface area (Å²) in [6.45, 7) is 7.83. The number of carbonyl (C=O) groups is 2. The number of aryl methyl sites for hydroxylation is 2. The molecule has 0 amide bonds. The molecular formula is C26H36O10P2. The molecule has 0 bridgehead atoms. The zero-order valence-corrected chi connectivity index (χ0v) is 24.5. The van der Waals surface area contributed by atoms with Crippen molar-refractivity contribution < 1.29 is 46.3 Å². The average Bonchev–Trinajstić information content (AvgIpc) is 2.77. The van der Waals surface area contributed by atoms with E-state index in [4.69, 9.17) is 27.6 Å². The fourth-order valence-electron chi connectivity index (χ4n) is 3.42. The van der Waals surface area contributed by atoms with Gasteiger partial charge in [0.05, 0.1) is 18.9 Å². The number of esters is 2. The lowest BCUT2D eigenvalue weighted by Crippen LogP contribution is -2.07. The van der Waals surface area contributed by atoms with Crippen LogP contribution >= 0.6 is 15.2 Å². The predicted octanol–water partition coefficient (Wildman–Crippen LogP) is 6.87. The first-order valence-electron chi connectivity index (χ1n) is 12.2. The second kappa shape index (κ2) is 14.5. The molecule has 0 aliphatic rings. The molecule has 12 heteroatoms. The van der Waals surface area contributed by atoms with E-state index in [1.807, 2.05) is 25.1 Å². The van der Waals surface area contributed by atoms with Gasteiger partial charge in [-0.2, -0.15) is 0 Å². The van der Waals surface area contributed by atoms with E-state index >= 15 is 0 Å². The molecule has 2 rings (SSSR count). The van der Waals surface area contributed by atoms with Crippen LogP contribution in [0.15, 0.2) is 36.4 Å². The molecule has 0 saturated heterocycles. The lowest BCUT2D eigenvalue weighted by atomic mass is 9.98. The SMILES string of the molecule is CCCCCc1cc(OP(C)(=O)OCOC(C)=O)c(-c2cccc(C)c2)c(OP(C)(=O)OCOC(C)=O)c1. The Bertz CT molecular complexity index is 1150.